The van der Waals surface area contributed by atoms with E-state index >= 15 is 0 Å². The zero-order chi connectivity index (χ0) is 13.1. The molecule has 0 aromatic heterocycles. The van der Waals surface area contributed by atoms with E-state index in [1.165, 1.54) is 6.07 Å². The maximum Gasteiger partial charge on any atom is 0.282 e. The number of hydrogen-bond donors (Lipinski definition) is 1. The van der Waals surface area contributed by atoms with Crippen molar-refractivity contribution in [2.75, 3.05) is 5.06 Å². The minimum absolute atomic E-state index is 0.131. The molecule has 0 radical (unpaired) electrons. The summed E-state index contributed by atoms with van der Waals surface area (Å²) in [6, 6.07) is 13.1. The molecule has 0 atom stereocenters. The molecule has 0 aliphatic carbocycles. The Morgan fingerprint density at radius 1 is 1.00 bits per heavy atom. The van der Waals surface area contributed by atoms with Crippen molar-refractivity contribution in [1.82, 2.24) is 0 Å². The Morgan fingerprint density at radius 3 is 2.33 bits per heavy atom. The Kier molecular flexibility index (Phi) is 3.87. The van der Waals surface area contributed by atoms with Crippen LogP contribution in [0.5, 0.6) is 0 Å². The molecule has 2 rings (SSSR count). The first-order chi connectivity index (χ1) is 8.61. The van der Waals surface area contributed by atoms with Crippen LogP contribution in [0.4, 0.5) is 5.69 Å². The maximum atomic E-state index is 12.0. The number of hydroxylamine groups is 1. The summed E-state index contributed by atoms with van der Waals surface area (Å²) in [4.78, 5) is 12.0. The van der Waals surface area contributed by atoms with Gasteiger partial charge in [-0.25, -0.2) is 0 Å². The van der Waals surface area contributed by atoms with Gasteiger partial charge in [0.25, 0.3) is 5.91 Å². The van der Waals surface area contributed by atoms with E-state index in [1.807, 2.05) is 0 Å². The van der Waals surface area contributed by atoms with Crippen molar-refractivity contribution in [2.24, 2.45) is 0 Å². The SMILES string of the molecule is O=C(c1ccccc1)N(O)c1cccc(Cl)c1Cl. The molecular weight excluding hydrogens is 273 g/mol. The van der Waals surface area contributed by atoms with Crippen molar-refractivity contribution in [3.8, 4) is 0 Å². The van der Waals surface area contributed by atoms with Gasteiger partial charge in [0.2, 0.25) is 0 Å². The van der Waals surface area contributed by atoms with Gasteiger partial charge in [-0.1, -0.05) is 47.5 Å². The summed E-state index contributed by atoms with van der Waals surface area (Å²) >= 11 is 11.8. The molecule has 0 saturated heterocycles. The molecule has 1 amide bonds. The summed E-state index contributed by atoms with van der Waals surface area (Å²) < 4.78 is 0. The molecule has 5 heteroatoms. The van der Waals surface area contributed by atoms with Crippen molar-refractivity contribution < 1.29 is 10.0 Å². The molecule has 0 fully saturated rings. The highest BCUT2D eigenvalue weighted by molar-refractivity contribution is 6.44. The quantitative estimate of drug-likeness (QED) is 0.667. The number of hydrogen-bond acceptors (Lipinski definition) is 2. The van der Waals surface area contributed by atoms with Crippen LogP contribution in [-0.2, 0) is 0 Å². The number of halogens is 2. The molecule has 2 aromatic rings. The van der Waals surface area contributed by atoms with Gasteiger partial charge in [0.1, 0.15) is 0 Å². The fourth-order valence-electron chi connectivity index (χ4n) is 1.47. The van der Waals surface area contributed by atoms with E-state index in [1.54, 1.807) is 42.5 Å². The van der Waals surface area contributed by atoms with Crippen molar-refractivity contribution in [3.63, 3.8) is 0 Å². The molecule has 3 nitrogen and oxygen atoms in total. The molecule has 0 spiro atoms. The largest absolute Gasteiger partial charge is 0.282 e. The van der Waals surface area contributed by atoms with Crippen molar-refractivity contribution in [3.05, 3.63) is 64.1 Å². The molecule has 18 heavy (non-hydrogen) atoms. The van der Waals surface area contributed by atoms with E-state index in [9.17, 15) is 10.0 Å². The number of amides is 1. The standard InChI is InChI=1S/C13H9Cl2NO2/c14-10-7-4-8-11(12(10)15)16(18)13(17)9-5-2-1-3-6-9/h1-8,18H. The number of anilines is 1. The van der Waals surface area contributed by atoms with Crippen LogP contribution < -0.4 is 5.06 Å². The van der Waals surface area contributed by atoms with Crippen molar-refractivity contribution >= 4 is 34.8 Å². The number of carbonyl (C=O) groups is 1. The zero-order valence-electron chi connectivity index (χ0n) is 9.18. The molecule has 0 unspecified atom stereocenters. The predicted octanol–water partition coefficient (Wildman–Crippen LogP) is 4.03. The molecule has 92 valence electrons. The number of benzene rings is 2. The first-order valence-corrected chi connectivity index (χ1v) is 5.89. The second-order valence-electron chi connectivity index (χ2n) is 3.56. The van der Waals surface area contributed by atoms with Gasteiger partial charge in [0, 0.05) is 5.56 Å². The Balaban J connectivity index is 2.35. The average molecular weight is 282 g/mol. The van der Waals surface area contributed by atoms with E-state index in [4.69, 9.17) is 23.2 Å². The highest BCUT2D eigenvalue weighted by Crippen LogP contribution is 2.32. The van der Waals surface area contributed by atoms with Crippen LogP contribution >= 0.6 is 23.2 Å². The van der Waals surface area contributed by atoms with Crippen LogP contribution in [0.25, 0.3) is 0 Å². The lowest BCUT2D eigenvalue weighted by Gasteiger charge is -2.16. The molecule has 2 aromatic carbocycles. The number of nitrogens with zero attached hydrogens (tertiary/aromatic N) is 1. The van der Waals surface area contributed by atoms with Crippen LogP contribution in [0.3, 0.4) is 0 Å². The second-order valence-corrected chi connectivity index (χ2v) is 4.34. The predicted molar refractivity (Wildman–Crippen MR) is 71.5 cm³/mol. The molecule has 0 bridgehead atoms. The van der Waals surface area contributed by atoms with Crippen molar-refractivity contribution in [2.45, 2.75) is 0 Å². The number of rotatable bonds is 2. The monoisotopic (exact) mass is 281 g/mol. The van der Waals surface area contributed by atoms with Gasteiger partial charge >= 0.3 is 0 Å². The molecule has 0 aliphatic heterocycles. The van der Waals surface area contributed by atoms with Gasteiger partial charge < -0.3 is 0 Å². The van der Waals surface area contributed by atoms with Gasteiger partial charge in [-0.05, 0) is 24.3 Å². The molecule has 0 aliphatic rings. The topological polar surface area (TPSA) is 40.5 Å². The van der Waals surface area contributed by atoms with Crippen LogP contribution in [0.15, 0.2) is 48.5 Å². The fourth-order valence-corrected chi connectivity index (χ4v) is 1.84. The summed E-state index contributed by atoms with van der Waals surface area (Å²) in [5, 5.41) is 10.8. The highest BCUT2D eigenvalue weighted by atomic mass is 35.5. The van der Waals surface area contributed by atoms with Crippen molar-refractivity contribution in [1.29, 1.82) is 0 Å². The van der Waals surface area contributed by atoms with E-state index in [0.717, 1.165) is 0 Å². The zero-order valence-corrected chi connectivity index (χ0v) is 10.7. The van der Waals surface area contributed by atoms with Gasteiger partial charge in [-0.3, -0.25) is 10.0 Å². The highest BCUT2D eigenvalue weighted by Gasteiger charge is 2.18. The minimum Gasteiger partial charge on any atom is -0.281 e. The van der Waals surface area contributed by atoms with E-state index in [-0.39, 0.29) is 15.7 Å². The Hall–Kier alpha value is -1.55. The lowest BCUT2D eigenvalue weighted by atomic mass is 10.2. The van der Waals surface area contributed by atoms with Crippen LogP contribution in [-0.4, -0.2) is 11.1 Å². The molecule has 0 saturated carbocycles. The lowest BCUT2D eigenvalue weighted by Crippen LogP contribution is -2.27. The van der Waals surface area contributed by atoms with Crippen LogP contribution in [0, 0.1) is 0 Å². The van der Waals surface area contributed by atoms with Gasteiger partial charge in [-0.15, -0.1) is 0 Å². The summed E-state index contributed by atoms with van der Waals surface area (Å²) in [6.45, 7) is 0. The first kappa shape index (κ1) is 12.9. The second kappa shape index (κ2) is 5.40. The van der Waals surface area contributed by atoms with Crippen LogP contribution in [0.1, 0.15) is 10.4 Å². The van der Waals surface area contributed by atoms with E-state index in [0.29, 0.717) is 10.6 Å². The lowest BCUT2D eigenvalue weighted by molar-refractivity contribution is 0.0855. The third-order valence-electron chi connectivity index (χ3n) is 2.37. The van der Waals surface area contributed by atoms with Gasteiger partial charge in [0.05, 0.1) is 15.7 Å². The Labute approximate surface area is 114 Å². The van der Waals surface area contributed by atoms with Gasteiger partial charge in [-0.2, -0.15) is 5.06 Å². The fraction of sp³-hybridized carbons (Fsp3) is 0. The molecule has 1 N–H and O–H groups in total. The normalized spacial score (nSPS) is 10.2. The smallest absolute Gasteiger partial charge is 0.281 e. The first-order valence-electron chi connectivity index (χ1n) is 5.13. The van der Waals surface area contributed by atoms with Crippen LogP contribution in [0.2, 0.25) is 10.0 Å². The maximum absolute atomic E-state index is 12.0. The summed E-state index contributed by atoms with van der Waals surface area (Å²) in [5.74, 6) is -0.570. The molecular formula is C13H9Cl2NO2. The summed E-state index contributed by atoms with van der Waals surface area (Å²) in [5.41, 5.74) is 0.508. The van der Waals surface area contributed by atoms with Gasteiger partial charge in [0.15, 0.2) is 0 Å². The number of carbonyl (C=O) groups excluding carboxylic acids is 1. The summed E-state index contributed by atoms with van der Waals surface area (Å²) in [7, 11) is 0. The average Bonchev–Trinajstić information content (AvgIpc) is 2.41. The Bertz CT molecular complexity index is 572. The van der Waals surface area contributed by atoms with E-state index < -0.39 is 5.91 Å². The summed E-state index contributed by atoms with van der Waals surface area (Å²) in [6.07, 6.45) is 0. The molecule has 0 heterocycles. The third kappa shape index (κ3) is 2.48. The third-order valence-corrected chi connectivity index (χ3v) is 3.18. The van der Waals surface area contributed by atoms with E-state index in [2.05, 4.69) is 0 Å². The Morgan fingerprint density at radius 2 is 1.67 bits per heavy atom. The minimum atomic E-state index is -0.570.